The van der Waals surface area contributed by atoms with E-state index in [1.54, 1.807) is 19.1 Å². The molecule has 0 aliphatic carbocycles. The maximum absolute atomic E-state index is 12.4. The van der Waals surface area contributed by atoms with E-state index in [1.807, 2.05) is 24.3 Å². The van der Waals surface area contributed by atoms with Gasteiger partial charge in [0, 0.05) is 43.4 Å². The minimum Gasteiger partial charge on any atom is -0.421 e. The Morgan fingerprint density at radius 1 is 1.07 bits per heavy atom. The van der Waals surface area contributed by atoms with Gasteiger partial charge in [0.2, 0.25) is 11.8 Å². The normalized spacial score (nSPS) is 10.6. The number of benzene rings is 2. The largest absolute Gasteiger partial charge is 0.421 e. The van der Waals surface area contributed by atoms with Crippen molar-refractivity contribution in [2.24, 2.45) is 0 Å². The molecule has 0 spiro atoms. The van der Waals surface area contributed by atoms with Gasteiger partial charge in [-0.15, -0.1) is 10.2 Å². The Bertz CT molecular complexity index is 903. The number of carbonyl (C=O) groups excluding carboxylic acids is 1. The molecular weight excluding hydrogens is 340 g/mol. The highest BCUT2D eigenvalue weighted by molar-refractivity contribution is 5.94. The molecule has 3 aromatic rings. The summed E-state index contributed by atoms with van der Waals surface area (Å²) < 4.78 is 5.40. The highest BCUT2D eigenvalue weighted by Gasteiger charge is 2.10. The highest BCUT2D eigenvalue weighted by atomic mass is 16.4. The van der Waals surface area contributed by atoms with Crippen molar-refractivity contribution in [2.75, 3.05) is 24.5 Å². The number of amides is 1. The molecule has 0 atom stereocenters. The van der Waals surface area contributed by atoms with Crippen LogP contribution in [0.1, 0.15) is 28.7 Å². The lowest BCUT2D eigenvalue weighted by molar-refractivity contribution is 0.0954. The maximum atomic E-state index is 12.4. The zero-order valence-corrected chi connectivity index (χ0v) is 15.9. The highest BCUT2D eigenvalue weighted by Crippen LogP contribution is 2.19. The van der Waals surface area contributed by atoms with Crippen LogP contribution in [0.2, 0.25) is 0 Å². The van der Waals surface area contributed by atoms with E-state index < -0.39 is 0 Å². The molecule has 2 aromatic carbocycles. The van der Waals surface area contributed by atoms with Gasteiger partial charge in [0.1, 0.15) is 0 Å². The third-order valence-electron chi connectivity index (χ3n) is 4.43. The van der Waals surface area contributed by atoms with Crippen molar-refractivity contribution in [2.45, 2.75) is 20.8 Å². The molecule has 3 rings (SSSR count). The molecule has 27 heavy (non-hydrogen) atoms. The number of aryl methyl sites for hydroxylation is 2. The second kappa shape index (κ2) is 8.49. The van der Waals surface area contributed by atoms with Crippen molar-refractivity contribution >= 4 is 11.6 Å². The fraction of sp³-hybridized carbons (Fsp3) is 0.286. The summed E-state index contributed by atoms with van der Waals surface area (Å²) in [7, 11) is 0. The van der Waals surface area contributed by atoms with E-state index in [9.17, 15) is 4.79 Å². The Morgan fingerprint density at radius 3 is 2.44 bits per heavy atom. The minimum atomic E-state index is -0.0934. The number of nitrogens with zero attached hydrogens (tertiary/aromatic N) is 3. The van der Waals surface area contributed by atoms with Gasteiger partial charge >= 0.3 is 0 Å². The second-order valence-corrected chi connectivity index (χ2v) is 6.33. The number of rotatable bonds is 7. The molecule has 6 heteroatoms. The lowest BCUT2D eigenvalue weighted by Gasteiger charge is -2.25. The molecule has 1 aromatic heterocycles. The van der Waals surface area contributed by atoms with Crippen LogP contribution in [-0.2, 0) is 0 Å². The molecule has 0 unspecified atom stereocenters. The fourth-order valence-electron chi connectivity index (χ4n) is 2.95. The zero-order chi connectivity index (χ0) is 19.2. The van der Waals surface area contributed by atoms with Crippen LogP contribution in [0.15, 0.2) is 52.9 Å². The van der Waals surface area contributed by atoms with Gasteiger partial charge in [-0.25, -0.2) is 0 Å². The van der Waals surface area contributed by atoms with Crippen molar-refractivity contribution in [1.82, 2.24) is 15.5 Å². The van der Waals surface area contributed by atoms with E-state index in [1.165, 1.54) is 11.3 Å². The first-order valence-corrected chi connectivity index (χ1v) is 9.08. The monoisotopic (exact) mass is 364 g/mol. The Hall–Kier alpha value is -3.15. The molecule has 0 fully saturated rings. The number of nitrogens with one attached hydrogen (secondary N) is 1. The summed E-state index contributed by atoms with van der Waals surface area (Å²) in [6, 6.07) is 15.4. The van der Waals surface area contributed by atoms with Gasteiger partial charge in [-0.3, -0.25) is 4.79 Å². The van der Waals surface area contributed by atoms with E-state index in [-0.39, 0.29) is 5.91 Å². The number of aromatic nitrogens is 2. The van der Waals surface area contributed by atoms with Gasteiger partial charge in [0.15, 0.2) is 0 Å². The predicted molar refractivity (Wildman–Crippen MR) is 106 cm³/mol. The van der Waals surface area contributed by atoms with E-state index in [0.29, 0.717) is 23.9 Å². The lowest BCUT2D eigenvalue weighted by Crippen LogP contribution is -2.35. The smallest absolute Gasteiger partial charge is 0.251 e. The van der Waals surface area contributed by atoms with Crippen molar-refractivity contribution in [3.8, 4) is 11.5 Å². The first-order chi connectivity index (χ1) is 13.1. The van der Waals surface area contributed by atoms with Crippen LogP contribution in [0, 0.1) is 13.8 Å². The van der Waals surface area contributed by atoms with Crippen molar-refractivity contribution < 1.29 is 9.21 Å². The fourth-order valence-corrected chi connectivity index (χ4v) is 2.95. The number of anilines is 1. The van der Waals surface area contributed by atoms with Gasteiger partial charge in [-0.2, -0.15) is 0 Å². The van der Waals surface area contributed by atoms with Crippen LogP contribution in [0.5, 0.6) is 0 Å². The molecular formula is C21H24N4O2. The molecule has 0 bridgehead atoms. The molecule has 1 amide bonds. The second-order valence-electron chi connectivity index (χ2n) is 6.33. The summed E-state index contributed by atoms with van der Waals surface area (Å²) in [6.07, 6.45) is 0. The Labute approximate surface area is 159 Å². The summed E-state index contributed by atoms with van der Waals surface area (Å²) in [5, 5.41) is 10.8. The third-order valence-corrected chi connectivity index (χ3v) is 4.43. The number of hydrogen-bond donors (Lipinski definition) is 1. The van der Waals surface area contributed by atoms with Gasteiger partial charge in [0.25, 0.3) is 5.91 Å². The van der Waals surface area contributed by atoms with E-state index in [2.05, 4.69) is 46.4 Å². The van der Waals surface area contributed by atoms with E-state index in [0.717, 1.165) is 18.7 Å². The van der Waals surface area contributed by atoms with Crippen LogP contribution < -0.4 is 10.2 Å². The first kappa shape index (κ1) is 18.6. The molecule has 0 aliphatic heterocycles. The molecule has 0 radical (unpaired) electrons. The summed E-state index contributed by atoms with van der Waals surface area (Å²) in [4.78, 5) is 14.6. The van der Waals surface area contributed by atoms with Crippen LogP contribution in [0.3, 0.4) is 0 Å². The van der Waals surface area contributed by atoms with Crippen LogP contribution in [0.4, 0.5) is 5.69 Å². The minimum absolute atomic E-state index is 0.0934. The van der Waals surface area contributed by atoms with Crippen LogP contribution in [0.25, 0.3) is 11.5 Å². The average molecular weight is 364 g/mol. The molecule has 0 aliphatic rings. The zero-order valence-electron chi connectivity index (χ0n) is 15.9. The molecule has 140 valence electrons. The molecule has 1 heterocycles. The van der Waals surface area contributed by atoms with Gasteiger partial charge < -0.3 is 14.6 Å². The van der Waals surface area contributed by atoms with Gasteiger partial charge in [0.05, 0.1) is 0 Å². The number of likely N-dealkylation sites (N-methyl/N-ethyl adjacent to an activating group) is 1. The van der Waals surface area contributed by atoms with Crippen LogP contribution >= 0.6 is 0 Å². The molecule has 6 nitrogen and oxygen atoms in total. The maximum Gasteiger partial charge on any atom is 0.251 e. The summed E-state index contributed by atoms with van der Waals surface area (Å²) >= 11 is 0. The Balaban J connectivity index is 1.56. The number of hydrogen-bond acceptors (Lipinski definition) is 5. The van der Waals surface area contributed by atoms with Crippen LogP contribution in [-0.4, -0.2) is 35.7 Å². The SMILES string of the molecule is CCN(CCNC(=O)c1ccc(-c2nnc(C)o2)cc1)c1ccccc1C. The Kier molecular flexibility index (Phi) is 5.86. The average Bonchev–Trinajstić information content (AvgIpc) is 3.12. The Morgan fingerprint density at radius 2 is 1.81 bits per heavy atom. The quantitative estimate of drug-likeness (QED) is 0.693. The topological polar surface area (TPSA) is 71.3 Å². The van der Waals surface area contributed by atoms with Crippen molar-refractivity contribution in [3.63, 3.8) is 0 Å². The van der Waals surface area contributed by atoms with Crippen molar-refractivity contribution in [3.05, 3.63) is 65.5 Å². The molecule has 0 saturated carbocycles. The van der Waals surface area contributed by atoms with Gasteiger partial charge in [-0.1, -0.05) is 18.2 Å². The summed E-state index contributed by atoms with van der Waals surface area (Å²) in [5.41, 5.74) is 3.84. The van der Waals surface area contributed by atoms with Crippen molar-refractivity contribution in [1.29, 1.82) is 0 Å². The summed E-state index contributed by atoms with van der Waals surface area (Å²) in [6.45, 7) is 8.18. The first-order valence-electron chi connectivity index (χ1n) is 9.08. The summed E-state index contributed by atoms with van der Waals surface area (Å²) in [5.74, 6) is 0.876. The number of para-hydroxylation sites is 1. The lowest BCUT2D eigenvalue weighted by atomic mass is 10.1. The standard InChI is InChI=1S/C21H24N4O2/c1-4-25(19-8-6-5-7-15(19)2)14-13-22-20(26)17-9-11-18(12-10-17)21-24-23-16(3)27-21/h5-12H,4,13-14H2,1-3H3,(H,22,26). The molecule has 0 saturated heterocycles. The van der Waals surface area contributed by atoms with Gasteiger partial charge in [-0.05, 0) is 49.7 Å². The van der Waals surface area contributed by atoms with E-state index >= 15 is 0 Å². The van der Waals surface area contributed by atoms with E-state index in [4.69, 9.17) is 4.42 Å². The number of carbonyl (C=O) groups is 1. The molecule has 1 N–H and O–H groups in total. The third kappa shape index (κ3) is 4.53. The predicted octanol–water partition coefficient (Wildman–Crippen LogP) is 3.61.